The number of benzene rings is 4. The Kier molecular flexibility index (Phi) is 7.52. The lowest BCUT2D eigenvalue weighted by atomic mass is 9.95. The summed E-state index contributed by atoms with van der Waals surface area (Å²) in [6, 6.07) is 24.4. The molecule has 0 aromatic heterocycles. The Morgan fingerprint density at radius 2 is 1.27 bits per heavy atom. The molecule has 37 heavy (non-hydrogen) atoms. The molecule has 4 aromatic rings. The lowest BCUT2D eigenvalue weighted by Gasteiger charge is -2.13. The summed E-state index contributed by atoms with van der Waals surface area (Å²) in [5, 5.41) is 12.7. The van der Waals surface area contributed by atoms with Gasteiger partial charge in [-0.05, 0) is 71.8 Å². The molecule has 2 N–H and O–H groups in total. The average molecular weight is 534 g/mol. The lowest BCUT2D eigenvalue weighted by Crippen LogP contribution is -2.17. The Morgan fingerprint density at radius 3 is 1.86 bits per heavy atom. The predicted octanol–water partition coefficient (Wildman–Crippen LogP) is 5.61. The van der Waals surface area contributed by atoms with Crippen LogP contribution < -0.4 is 5.32 Å². The summed E-state index contributed by atoms with van der Waals surface area (Å²) in [4.78, 5) is 37.1. The van der Waals surface area contributed by atoms with E-state index >= 15 is 0 Å². The number of rotatable bonds is 8. The van der Waals surface area contributed by atoms with Crippen LogP contribution in [0.3, 0.4) is 0 Å². The average Bonchev–Trinajstić information content (AvgIpc) is 2.89. The number of amides is 1. The van der Waals surface area contributed by atoms with Gasteiger partial charge in [0.25, 0.3) is 5.91 Å². The second-order valence-electron chi connectivity index (χ2n) is 8.06. The smallest absolute Gasteiger partial charge is 0.336 e. The molecule has 0 saturated carbocycles. The summed E-state index contributed by atoms with van der Waals surface area (Å²) < 4.78 is 25.5. The maximum atomic E-state index is 13.1. The van der Waals surface area contributed by atoms with Crippen molar-refractivity contribution in [2.75, 3.05) is 11.1 Å². The van der Waals surface area contributed by atoms with Gasteiger partial charge in [0.2, 0.25) is 0 Å². The first-order valence-corrected chi connectivity index (χ1v) is 13.0. The van der Waals surface area contributed by atoms with Crippen molar-refractivity contribution >= 4 is 44.8 Å². The second kappa shape index (κ2) is 10.8. The predicted molar refractivity (Wildman–Crippen MR) is 141 cm³/mol. The van der Waals surface area contributed by atoms with Gasteiger partial charge in [0, 0.05) is 21.8 Å². The molecule has 0 fully saturated rings. The molecule has 0 radical (unpaired) electrons. The number of halogens is 1. The Balaban J connectivity index is 1.53. The number of Topliss-reactive ketones (excluding diaryl/α,β-unsaturated/α-hetero) is 1. The highest BCUT2D eigenvalue weighted by atomic mass is 35.5. The maximum absolute atomic E-state index is 13.1. The molecule has 186 valence electrons. The number of anilines is 1. The first-order chi connectivity index (χ1) is 17.7. The number of carboxylic acids is 1. The van der Waals surface area contributed by atoms with Crippen LogP contribution in [-0.4, -0.2) is 36.9 Å². The summed E-state index contributed by atoms with van der Waals surface area (Å²) in [6.07, 6.45) is 0. The molecule has 1 amide bonds. The maximum Gasteiger partial charge on any atom is 0.336 e. The van der Waals surface area contributed by atoms with Gasteiger partial charge >= 0.3 is 5.97 Å². The highest BCUT2D eigenvalue weighted by Gasteiger charge is 2.21. The van der Waals surface area contributed by atoms with Crippen LogP contribution in [0, 0.1) is 0 Å². The van der Waals surface area contributed by atoms with Gasteiger partial charge in [-0.2, -0.15) is 0 Å². The molecular formula is C28H20ClNO6S. The fourth-order valence-corrected chi connectivity index (χ4v) is 5.09. The molecule has 4 rings (SSSR count). The van der Waals surface area contributed by atoms with E-state index in [1.165, 1.54) is 54.6 Å². The van der Waals surface area contributed by atoms with Crippen molar-refractivity contribution in [1.82, 2.24) is 0 Å². The van der Waals surface area contributed by atoms with E-state index in [0.29, 0.717) is 21.8 Å². The van der Waals surface area contributed by atoms with Gasteiger partial charge in [-0.15, -0.1) is 0 Å². The second-order valence-corrected chi connectivity index (χ2v) is 10.5. The molecule has 0 aliphatic carbocycles. The van der Waals surface area contributed by atoms with Crippen LogP contribution in [0.25, 0.3) is 11.1 Å². The number of carbonyl (C=O) groups is 3. The molecule has 0 saturated heterocycles. The SMILES string of the molecule is O=C(CS(=O)(=O)c1ccc(NC(=O)c2ccccc2-c2ccccc2C(=O)O)cc1)c1ccc(Cl)cc1. The molecule has 4 aromatic carbocycles. The van der Waals surface area contributed by atoms with E-state index in [-0.39, 0.29) is 21.6 Å². The third kappa shape index (κ3) is 5.94. The van der Waals surface area contributed by atoms with E-state index < -0.39 is 33.2 Å². The minimum atomic E-state index is -3.92. The van der Waals surface area contributed by atoms with Crippen molar-refractivity contribution in [2.45, 2.75) is 4.90 Å². The highest BCUT2D eigenvalue weighted by Crippen LogP contribution is 2.28. The molecule has 9 heteroatoms. The summed E-state index contributed by atoms with van der Waals surface area (Å²) in [5.41, 5.74) is 1.71. The number of aromatic carboxylic acids is 1. The summed E-state index contributed by atoms with van der Waals surface area (Å²) in [5.74, 6) is -2.88. The number of hydrogen-bond donors (Lipinski definition) is 2. The Hall–Kier alpha value is -4.27. The van der Waals surface area contributed by atoms with Crippen LogP contribution in [0.4, 0.5) is 5.69 Å². The van der Waals surface area contributed by atoms with Crippen molar-refractivity contribution in [3.63, 3.8) is 0 Å². The summed E-state index contributed by atoms with van der Waals surface area (Å²) >= 11 is 5.81. The number of sulfone groups is 1. The fraction of sp³-hybridized carbons (Fsp3) is 0.0357. The first kappa shape index (κ1) is 25.8. The molecular weight excluding hydrogens is 514 g/mol. The molecule has 0 aliphatic rings. The molecule has 0 spiro atoms. The first-order valence-electron chi connectivity index (χ1n) is 11.0. The van der Waals surface area contributed by atoms with E-state index in [1.807, 2.05) is 0 Å². The number of carbonyl (C=O) groups excluding carboxylic acids is 2. The van der Waals surface area contributed by atoms with Gasteiger partial charge in [-0.25, -0.2) is 13.2 Å². The van der Waals surface area contributed by atoms with Crippen molar-refractivity contribution in [2.24, 2.45) is 0 Å². The van der Waals surface area contributed by atoms with Crippen molar-refractivity contribution in [3.05, 3.63) is 119 Å². The lowest BCUT2D eigenvalue weighted by molar-refractivity contribution is 0.0697. The third-order valence-corrected chi connectivity index (χ3v) is 7.46. The molecule has 0 bridgehead atoms. The number of hydrogen-bond acceptors (Lipinski definition) is 5. The van der Waals surface area contributed by atoms with Gasteiger partial charge in [0.1, 0.15) is 5.75 Å². The van der Waals surface area contributed by atoms with Gasteiger partial charge in [-0.1, -0.05) is 48.0 Å². The van der Waals surface area contributed by atoms with E-state index in [4.69, 9.17) is 11.6 Å². The van der Waals surface area contributed by atoms with E-state index in [0.717, 1.165) is 0 Å². The quantitative estimate of drug-likeness (QED) is 0.284. The van der Waals surface area contributed by atoms with Crippen LogP contribution in [0.5, 0.6) is 0 Å². The van der Waals surface area contributed by atoms with Gasteiger partial charge in [0.15, 0.2) is 15.6 Å². The number of nitrogens with one attached hydrogen (secondary N) is 1. The minimum Gasteiger partial charge on any atom is -0.478 e. The molecule has 0 unspecified atom stereocenters. The Labute approximate surface area is 218 Å². The molecule has 0 heterocycles. The number of carboxylic acid groups (broad SMARTS) is 1. The van der Waals surface area contributed by atoms with Gasteiger partial charge in [0.05, 0.1) is 10.5 Å². The zero-order valence-electron chi connectivity index (χ0n) is 19.2. The zero-order chi connectivity index (χ0) is 26.6. The molecule has 7 nitrogen and oxygen atoms in total. The van der Waals surface area contributed by atoms with Crippen LogP contribution in [0.15, 0.2) is 102 Å². The highest BCUT2D eigenvalue weighted by molar-refractivity contribution is 7.92. The normalized spacial score (nSPS) is 11.1. The van der Waals surface area contributed by atoms with Crippen LogP contribution in [0.1, 0.15) is 31.1 Å². The van der Waals surface area contributed by atoms with Crippen LogP contribution in [0.2, 0.25) is 5.02 Å². The van der Waals surface area contributed by atoms with Gasteiger partial charge in [-0.3, -0.25) is 9.59 Å². The zero-order valence-corrected chi connectivity index (χ0v) is 20.8. The van der Waals surface area contributed by atoms with Crippen molar-refractivity contribution < 1.29 is 27.9 Å². The topological polar surface area (TPSA) is 118 Å². The summed E-state index contributed by atoms with van der Waals surface area (Å²) in [7, 11) is -3.92. The van der Waals surface area contributed by atoms with E-state index in [9.17, 15) is 27.9 Å². The standard InChI is InChI=1S/C28H20ClNO6S/c29-19-11-9-18(10-12-19)26(31)17-37(35,36)21-15-13-20(14-16-21)30-27(32)24-7-3-1-5-22(24)23-6-2-4-8-25(23)28(33)34/h1-16H,17H2,(H,30,32)(H,33,34). The van der Waals surface area contributed by atoms with Crippen LogP contribution in [-0.2, 0) is 9.84 Å². The van der Waals surface area contributed by atoms with Crippen molar-refractivity contribution in [1.29, 1.82) is 0 Å². The molecule has 0 atom stereocenters. The monoisotopic (exact) mass is 533 g/mol. The minimum absolute atomic E-state index is 0.0606. The van der Waals surface area contributed by atoms with Gasteiger partial charge < -0.3 is 10.4 Å². The number of ketones is 1. The fourth-order valence-electron chi connectivity index (χ4n) is 3.74. The summed E-state index contributed by atoms with van der Waals surface area (Å²) in [6.45, 7) is 0. The van der Waals surface area contributed by atoms with E-state index in [2.05, 4.69) is 5.32 Å². The van der Waals surface area contributed by atoms with Crippen LogP contribution >= 0.6 is 11.6 Å². The Bertz CT molecular complexity index is 1600. The largest absolute Gasteiger partial charge is 0.478 e. The third-order valence-electron chi connectivity index (χ3n) is 5.58. The van der Waals surface area contributed by atoms with Crippen molar-refractivity contribution in [3.8, 4) is 11.1 Å². The molecule has 0 aliphatic heterocycles. The Morgan fingerprint density at radius 1 is 0.730 bits per heavy atom. The van der Waals surface area contributed by atoms with E-state index in [1.54, 1.807) is 42.5 Å².